The monoisotopic (exact) mass is 460 g/mol. The molecule has 0 amide bonds. The van der Waals surface area contributed by atoms with Crippen LogP contribution in [0.4, 0.5) is 0 Å². The summed E-state index contributed by atoms with van der Waals surface area (Å²) in [6.45, 7) is 1.49. The summed E-state index contributed by atoms with van der Waals surface area (Å²) in [5, 5.41) is 14.8. The minimum absolute atomic E-state index is 0. The minimum atomic E-state index is 0. The molecule has 0 spiro atoms. The van der Waals surface area contributed by atoms with Crippen molar-refractivity contribution in [2.45, 2.75) is 19.4 Å². The van der Waals surface area contributed by atoms with Crippen LogP contribution in [0.1, 0.15) is 18.7 Å². The first-order valence-electron chi connectivity index (χ1n) is 7.73. The van der Waals surface area contributed by atoms with Gasteiger partial charge in [0.25, 0.3) is 0 Å². The number of nitrogens with one attached hydrogen (secondary N) is 2. The van der Waals surface area contributed by atoms with E-state index in [4.69, 9.17) is 0 Å². The van der Waals surface area contributed by atoms with Crippen molar-refractivity contribution < 1.29 is 0 Å². The highest BCUT2D eigenvalue weighted by molar-refractivity contribution is 14.0. The number of hydrogen-bond acceptors (Lipinski definition) is 4. The van der Waals surface area contributed by atoms with Crippen LogP contribution in [0.3, 0.4) is 0 Å². The molecule has 0 aliphatic carbocycles. The summed E-state index contributed by atoms with van der Waals surface area (Å²) in [6, 6.07) is 10.1. The van der Waals surface area contributed by atoms with Crippen LogP contribution in [0.25, 0.3) is 5.69 Å². The fraction of sp³-hybridized carbons (Fsp3) is 0.438. The zero-order valence-electron chi connectivity index (χ0n) is 14.1. The Kier molecular flexibility index (Phi) is 10.5. The van der Waals surface area contributed by atoms with Gasteiger partial charge in [-0.2, -0.15) is 11.8 Å². The van der Waals surface area contributed by atoms with Gasteiger partial charge in [0.2, 0.25) is 0 Å². The molecule has 0 unspecified atom stereocenters. The van der Waals surface area contributed by atoms with Gasteiger partial charge in [0.1, 0.15) is 6.33 Å². The molecule has 1 heterocycles. The Morgan fingerprint density at radius 2 is 2.00 bits per heavy atom. The van der Waals surface area contributed by atoms with Crippen molar-refractivity contribution in [3.8, 4) is 5.69 Å². The Balaban J connectivity index is 0.00000288. The van der Waals surface area contributed by atoms with Gasteiger partial charge in [-0.15, -0.1) is 34.2 Å². The first-order chi connectivity index (χ1) is 11.3. The van der Waals surface area contributed by atoms with Crippen molar-refractivity contribution in [1.29, 1.82) is 0 Å². The lowest BCUT2D eigenvalue weighted by Crippen LogP contribution is -2.37. The third-order valence-electron chi connectivity index (χ3n) is 3.36. The summed E-state index contributed by atoms with van der Waals surface area (Å²) in [5.41, 5.74) is 1.05. The maximum Gasteiger partial charge on any atom is 0.191 e. The lowest BCUT2D eigenvalue weighted by Gasteiger charge is -2.12. The molecular formula is C16H25IN6S. The Hall–Kier alpha value is -1.29. The summed E-state index contributed by atoms with van der Waals surface area (Å²) in [7, 11) is 1.78. The molecule has 1 aromatic heterocycles. The highest BCUT2D eigenvalue weighted by Gasteiger charge is 2.06. The molecule has 0 aliphatic rings. The maximum atomic E-state index is 4.24. The van der Waals surface area contributed by atoms with Gasteiger partial charge in [-0.25, -0.2) is 0 Å². The van der Waals surface area contributed by atoms with E-state index >= 15 is 0 Å². The zero-order valence-corrected chi connectivity index (χ0v) is 17.3. The number of unbranched alkanes of at least 4 members (excludes halogenated alkanes) is 1. The number of thioether (sulfide) groups is 1. The fourth-order valence-electron chi connectivity index (χ4n) is 2.15. The van der Waals surface area contributed by atoms with Gasteiger partial charge in [0, 0.05) is 19.3 Å². The topological polar surface area (TPSA) is 67.1 Å². The lowest BCUT2D eigenvalue weighted by molar-refractivity contribution is 0.717. The van der Waals surface area contributed by atoms with Crippen LogP contribution in [-0.4, -0.2) is 46.3 Å². The van der Waals surface area contributed by atoms with E-state index < -0.39 is 0 Å². The Morgan fingerprint density at radius 3 is 2.71 bits per heavy atom. The SMILES string of the molecule is CN=C(NCCCCSC)NCc1nncn1-c1ccccc1.I. The number of para-hydroxylation sites is 1. The van der Waals surface area contributed by atoms with Crippen molar-refractivity contribution in [2.75, 3.05) is 25.6 Å². The Morgan fingerprint density at radius 1 is 1.21 bits per heavy atom. The van der Waals surface area contributed by atoms with E-state index in [0.717, 1.165) is 30.4 Å². The van der Waals surface area contributed by atoms with Crippen molar-refractivity contribution in [3.63, 3.8) is 0 Å². The van der Waals surface area contributed by atoms with E-state index in [2.05, 4.69) is 32.1 Å². The van der Waals surface area contributed by atoms with Crippen LogP contribution in [0.15, 0.2) is 41.7 Å². The predicted octanol–water partition coefficient (Wildman–Crippen LogP) is 2.69. The number of guanidine groups is 1. The van der Waals surface area contributed by atoms with Crippen LogP contribution in [0, 0.1) is 0 Å². The van der Waals surface area contributed by atoms with Crippen LogP contribution >= 0.6 is 35.7 Å². The van der Waals surface area contributed by atoms with Gasteiger partial charge in [-0.3, -0.25) is 9.56 Å². The lowest BCUT2D eigenvalue weighted by atomic mass is 10.3. The number of nitrogens with zero attached hydrogens (tertiary/aromatic N) is 4. The van der Waals surface area contributed by atoms with Gasteiger partial charge in [0.15, 0.2) is 11.8 Å². The molecule has 24 heavy (non-hydrogen) atoms. The molecule has 0 saturated carbocycles. The summed E-state index contributed by atoms with van der Waals surface area (Å²) < 4.78 is 1.97. The molecule has 132 valence electrons. The number of halogens is 1. The number of hydrogen-bond donors (Lipinski definition) is 2. The summed E-state index contributed by atoms with van der Waals surface area (Å²) in [4.78, 5) is 4.24. The summed E-state index contributed by atoms with van der Waals surface area (Å²) >= 11 is 1.88. The average Bonchev–Trinajstić information content (AvgIpc) is 3.07. The molecule has 2 rings (SSSR count). The number of benzene rings is 1. The van der Waals surface area contributed by atoms with Gasteiger partial charge in [-0.05, 0) is 37.0 Å². The van der Waals surface area contributed by atoms with Gasteiger partial charge in [-0.1, -0.05) is 18.2 Å². The molecule has 2 N–H and O–H groups in total. The van der Waals surface area contributed by atoms with E-state index in [1.807, 2.05) is 46.7 Å². The van der Waals surface area contributed by atoms with E-state index in [-0.39, 0.29) is 24.0 Å². The van der Waals surface area contributed by atoms with Crippen molar-refractivity contribution >= 4 is 41.7 Å². The highest BCUT2D eigenvalue weighted by Crippen LogP contribution is 2.08. The normalized spacial score (nSPS) is 11.0. The molecule has 0 aliphatic heterocycles. The third-order valence-corrected chi connectivity index (χ3v) is 4.05. The Labute approximate surface area is 164 Å². The van der Waals surface area contributed by atoms with Crippen LogP contribution in [-0.2, 0) is 6.54 Å². The van der Waals surface area contributed by atoms with E-state index in [9.17, 15) is 0 Å². The number of aliphatic imine (C=N–C) groups is 1. The highest BCUT2D eigenvalue weighted by atomic mass is 127. The maximum absolute atomic E-state index is 4.24. The van der Waals surface area contributed by atoms with Crippen LogP contribution in [0.2, 0.25) is 0 Å². The molecule has 0 saturated heterocycles. The first-order valence-corrected chi connectivity index (χ1v) is 9.12. The molecule has 2 aromatic rings. The van der Waals surface area contributed by atoms with E-state index in [1.54, 1.807) is 13.4 Å². The molecule has 1 aromatic carbocycles. The fourth-order valence-corrected chi connectivity index (χ4v) is 2.64. The van der Waals surface area contributed by atoms with Crippen LogP contribution < -0.4 is 10.6 Å². The number of rotatable bonds is 8. The smallest absolute Gasteiger partial charge is 0.191 e. The van der Waals surface area contributed by atoms with Gasteiger partial charge >= 0.3 is 0 Å². The van der Waals surface area contributed by atoms with Crippen LogP contribution in [0.5, 0.6) is 0 Å². The standard InChI is InChI=1S/C16H24N6S.HI/c1-17-16(18-10-6-7-11-23-2)19-12-15-21-20-13-22(15)14-8-4-3-5-9-14;/h3-5,8-9,13H,6-7,10-12H2,1-2H3,(H2,17,18,19);1H. The average molecular weight is 460 g/mol. The number of aromatic nitrogens is 3. The van der Waals surface area contributed by atoms with Gasteiger partial charge in [0.05, 0.1) is 6.54 Å². The molecule has 0 radical (unpaired) electrons. The quantitative estimate of drug-likeness (QED) is 0.275. The summed E-state index contributed by atoms with van der Waals surface area (Å²) in [5.74, 6) is 2.84. The molecular weight excluding hydrogens is 435 g/mol. The second kappa shape index (κ2) is 12.1. The molecule has 6 nitrogen and oxygen atoms in total. The van der Waals surface area contributed by atoms with E-state index in [1.165, 1.54) is 12.2 Å². The molecule has 8 heteroatoms. The Bertz CT molecular complexity index is 602. The predicted molar refractivity (Wildman–Crippen MR) is 113 cm³/mol. The van der Waals surface area contributed by atoms with Crippen molar-refractivity contribution in [2.24, 2.45) is 4.99 Å². The molecule has 0 fully saturated rings. The minimum Gasteiger partial charge on any atom is -0.356 e. The summed E-state index contributed by atoms with van der Waals surface area (Å²) in [6.07, 6.45) is 6.22. The third kappa shape index (κ3) is 6.68. The zero-order chi connectivity index (χ0) is 16.3. The van der Waals surface area contributed by atoms with Gasteiger partial charge < -0.3 is 10.6 Å². The second-order valence-electron chi connectivity index (χ2n) is 5.01. The van der Waals surface area contributed by atoms with Crippen molar-refractivity contribution in [3.05, 3.63) is 42.5 Å². The second-order valence-corrected chi connectivity index (χ2v) is 5.99. The molecule has 0 bridgehead atoms. The van der Waals surface area contributed by atoms with Crippen molar-refractivity contribution in [1.82, 2.24) is 25.4 Å². The van der Waals surface area contributed by atoms with E-state index in [0.29, 0.717) is 6.54 Å². The first kappa shape index (κ1) is 20.8. The molecule has 0 atom stereocenters. The largest absolute Gasteiger partial charge is 0.356 e.